The van der Waals surface area contributed by atoms with Crippen molar-refractivity contribution >= 4 is 21.7 Å². The minimum absolute atomic E-state index is 0.0177. The summed E-state index contributed by atoms with van der Waals surface area (Å²) in [6.07, 6.45) is 1.59. The summed E-state index contributed by atoms with van der Waals surface area (Å²) in [5, 5.41) is 11.9. The predicted octanol–water partition coefficient (Wildman–Crippen LogP) is -0.771. The van der Waals surface area contributed by atoms with Crippen molar-refractivity contribution in [2.24, 2.45) is 0 Å². The molecule has 2 aliphatic heterocycles. The smallest absolute Gasteiger partial charge is 0.305 e. The molecule has 2 heterocycles. The Labute approximate surface area is 118 Å². The second-order valence-electron chi connectivity index (χ2n) is 5.45. The van der Waals surface area contributed by atoms with Crippen LogP contribution in [0.2, 0.25) is 0 Å². The highest BCUT2D eigenvalue weighted by Crippen LogP contribution is 2.21. The fourth-order valence-corrected chi connectivity index (χ4v) is 4.35. The van der Waals surface area contributed by atoms with Gasteiger partial charge in [0.15, 0.2) is 9.84 Å². The Hall–Kier alpha value is -1.15. The van der Waals surface area contributed by atoms with Gasteiger partial charge >= 0.3 is 5.97 Å². The van der Waals surface area contributed by atoms with E-state index in [1.807, 2.05) is 0 Å². The van der Waals surface area contributed by atoms with Crippen molar-refractivity contribution in [1.29, 1.82) is 0 Å². The fraction of sp³-hybridized carbons (Fsp3) is 0.833. The number of likely N-dealkylation sites (tertiary alicyclic amines) is 1. The highest BCUT2D eigenvalue weighted by Gasteiger charge is 2.33. The number of carbonyl (C=O) groups excluding carboxylic acids is 1. The van der Waals surface area contributed by atoms with Gasteiger partial charge < -0.3 is 15.3 Å². The zero-order valence-corrected chi connectivity index (χ0v) is 12.1. The van der Waals surface area contributed by atoms with Gasteiger partial charge in [0.2, 0.25) is 5.91 Å². The SMILES string of the molecule is O=C(O)CC1CCCN1C(=O)CC1CS(=O)(=O)CCN1. The molecule has 1 amide bonds. The number of carboxylic acid groups (broad SMARTS) is 1. The molecule has 0 aliphatic carbocycles. The largest absolute Gasteiger partial charge is 0.481 e. The van der Waals surface area contributed by atoms with Gasteiger partial charge in [-0.15, -0.1) is 0 Å². The third-order valence-corrected chi connectivity index (χ3v) is 5.57. The van der Waals surface area contributed by atoms with E-state index in [2.05, 4.69) is 5.32 Å². The number of nitrogens with zero attached hydrogens (tertiary/aromatic N) is 1. The molecule has 114 valence electrons. The van der Waals surface area contributed by atoms with Crippen LogP contribution in [0.5, 0.6) is 0 Å². The van der Waals surface area contributed by atoms with Crippen molar-refractivity contribution in [2.45, 2.75) is 37.8 Å². The quantitative estimate of drug-likeness (QED) is 0.707. The van der Waals surface area contributed by atoms with Gasteiger partial charge in [-0.2, -0.15) is 0 Å². The van der Waals surface area contributed by atoms with Gasteiger partial charge in [0.05, 0.1) is 17.9 Å². The maximum Gasteiger partial charge on any atom is 0.305 e. The molecule has 0 saturated carbocycles. The number of carboxylic acids is 1. The fourth-order valence-electron chi connectivity index (χ4n) is 2.90. The molecule has 2 saturated heterocycles. The van der Waals surface area contributed by atoms with Crippen molar-refractivity contribution < 1.29 is 23.1 Å². The topological polar surface area (TPSA) is 104 Å². The molecule has 7 nitrogen and oxygen atoms in total. The zero-order valence-electron chi connectivity index (χ0n) is 11.2. The number of amides is 1. The standard InChI is InChI=1S/C12H20N2O5S/c15-11(6-9-8-20(18,19)5-3-13-9)14-4-1-2-10(14)7-12(16)17/h9-10,13H,1-8H2,(H,16,17). The second-order valence-corrected chi connectivity index (χ2v) is 7.68. The molecule has 2 unspecified atom stereocenters. The number of nitrogens with one attached hydrogen (secondary N) is 1. The van der Waals surface area contributed by atoms with Crippen LogP contribution >= 0.6 is 0 Å². The first-order valence-electron chi connectivity index (χ1n) is 6.82. The Morgan fingerprint density at radius 1 is 1.30 bits per heavy atom. The lowest BCUT2D eigenvalue weighted by molar-refractivity contribution is -0.140. The normalized spacial score (nSPS) is 29.3. The summed E-state index contributed by atoms with van der Waals surface area (Å²) in [6, 6.07) is -0.604. The number of hydrogen-bond acceptors (Lipinski definition) is 5. The van der Waals surface area contributed by atoms with E-state index in [0.29, 0.717) is 19.5 Å². The monoisotopic (exact) mass is 304 g/mol. The van der Waals surface area contributed by atoms with Gasteiger partial charge in [-0.3, -0.25) is 9.59 Å². The number of rotatable bonds is 4. The van der Waals surface area contributed by atoms with Crippen LogP contribution in [0.3, 0.4) is 0 Å². The van der Waals surface area contributed by atoms with Gasteiger partial charge in [0.1, 0.15) is 0 Å². The van der Waals surface area contributed by atoms with E-state index in [4.69, 9.17) is 5.11 Å². The molecule has 0 spiro atoms. The van der Waals surface area contributed by atoms with Crippen LogP contribution in [-0.2, 0) is 19.4 Å². The van der Waals surface area contributed by atoms with Crippen LogP contribution in [-0.4, -0.2) is 67.0 Å². The Kier molecular flexibility index (Phi) is 4.64. The van der Waals surface area contributed by atoms with Crippen LogP contribution in [0.1, 0.15) is 25.7 Å². The Bertz CT molecular complexity index is 490. The summed E-state index contributed by atoms with van der Waals surface area (Å²) in [7, 11) is -3.06. The Balaban J connectivity index is 1.92. The van der Waals surface area contributed by atoms with E-state index < -0.39 is 15.8 Å². The Morgan fingerprint density at radius 2 is 2.05 bits per heavy atom. The summed E-state index contributed by atoms with van der Waals surface area (Å²) in [5.41, 5.74) is 0. The van der Waals surface area contributed by atoms with E-state index in [1.165, 1.54) is 0 Å². The average Bonchev–Trinajstić information content (AvgIpc) is 2.74. The van der Waals surface area contributed by atoms with Gasteiger partial charge in [0.25, 0.3) is 0 Å². The average molecular weight is 304 g/mol. The summed E-state index contributed by atoms with van der Waals surface area (Å²) < 4.78 is 23.1. The molecule has 2 aliphatic rings. The summed E-state index contributed by atoms with van der Waals surface area (Å²) in [6.45, 7) is 0.940. The van der Waals surface area contributed by atoms with Crippen LogP contribution in [0.25, 0.3) is 0 Å². The molecule has 0 bridgehead atoms. The van der Waals surface area contributed by atoms with E-state index in [0.717, 1.165) is 6.42 Å². The molecule has 2 atom stereocenters. The summed E-state index contributed by atoms with van der Waals surface area (Å²) >= 11 is 0. The zero-order chi connectivity index (χ0) is 14.8. The molecule has 0 radical (unpaired) electrons. The first-order valence-corrected chi connectivity index (χ1v) is 8.64. The van der Waals surface area contributed by atoms with Crippen LogP contribution in [0, 0.1) is 0 Å². The van der Waals surface area contributed by atoms with Gasteiger partial charge in [-0.05, 0) is 12.8 Å². The van der Waals surface area contributed by atoms with Gasteiger partial charge in [-0.1, -0.05) is 0 Å². The third-order valence-electron chi connectivity index (χ3n) is 3.83. The number of carbonyl (C=O) groups is 2. The minimum atomic E-state index is -3.06. The molecule has 2 N–H and O–H groups in total. The lowest BCUT2D eigenvalue weighted by Gasteiger charge is -2.28. The lowest BCUT2D eigenvalue weighted by atomic mass is 10.1. The first-order chi connectivity index (χ1) is 9.37. The molecule has 0 aromatic carbocycles. The summed E-state index contributed by atoms with van der Waals surface area (Å²) in [4.78, 5) is 24.6. The van der Waals surface area contributed by atoms with Crippen LogP contribution in [0.15, 0.2) is 0 Å². The van der Waals surface area contributed by atoms with Crippen LogP contribution < -0.4 is 5.32 Å². The molecule has 8 heteroatoms. The molecular weight excluding hydrogens is 284 g/mol. The van der Waals surface area contributed by atoms with Crippen molar-refractivity contribution in [3.05, 3.63) is 0 Å². The predicted molar refractivity (Wildman–Crippen MR) is 72.0 cm³/mol. The van der Waals surface area contributed by atoms with E-state index in [-0.39, 0.29) is 42.3 Å². The van der Waals surface area contributed by atoms with Gasteiger partial charge in [0, 0.05) is 31.6 Å². The number of hydrogen-bond donors (Lipinski definition) is 2. The van der Waals surface area contributed by atoms with E-state index in [9.17, 15) is 18.0 Å². The maximum atomic E-state index is 12.2. The number of aliphatic carboxylic acids is 1. The number of sulfone groups is 1. The molecule has 2 fully saturated rings. The molecule has 2 rings (SSSR count). The second kappa shape index (κ2) is 6.09. The molecule has 0 aromatic heterocycles. The molecular formula is C12H20N2O5S. The van der Waals surface area contributed by atoms with Crippen molar-refractivity contribution in [1.82, 2.24) is 10.2 Å². The minimum Gasteiger partial charge on any atom is -0.481 e. The van der Waals surface area contributed by atoms with Crippen molar-refractivity contribution in [3.8, 4) is 0 Å². The highest BCUT2D eigenvalue weighted by molar-refractivity contribution is 7.91. The maximum absolute atomic E-state index is 12.2. The highest BCUT2D eigenvalue weighted by atomic mass is 32.2. The molecule has 0 aromatic rings. The first kappa shape index (κ1) is 15.2. The lowest BCUT2D eigenvalue weighted by Crippen LogP contribution is -2.48. The summed E-state index contributed by atoms with van der Waals surface area (Å²) in [5.74, 6) is -0.962. The van der Waals surface area contributed by atoms with Crippen molar-refractivity contribution in [3.63, 3.8) is 0 Å². The van der Waals surface area contributed by atoms with E-state index >= 15 is 0 Å². The van der Waals surface area contributed by atoms with E-state index in [1.54, 1.807) is 4.90 Å². The van der Waals surface area contributed by atoms with Gasteiger partial charge in [-0.25, -0.2) is 8.42 Å². The third kappa shape index (κ3) is 3.92. The van der Waals surface area contributed by atoms with Crippen LogP contribution in [0.4, 0.5) is 0 Å². The molecule has 20 heavy (non-hydrogen) atoms. The Morgan fingerprint density at radius 3 is 2.70 bits per heavy atom. The van der Waals surface area contributed by atoms with Crippen molar-refractivity contribution in [2.75, 3.05) is 24.6 Å².